The fourth-order valence-corrected chi connectivity index (χ4v) is 6.52. The molecule has 2 N–H and O–H groups in total. The van der Waals surface area contributed by atoms with Gasteiger partial charge in [-0.05, 0) is 44.5 Å². The van der Waals surface area contributed by atoms with E-state index in [1.54, 1.807) is 13.3 Å². The van der Waals surface area contributed by atoms with Gasteiger partial charge in [-0.15, -0.1) is 0 Å². The van der Waals surface area contributed by atoms with Crippen LogP contribution in [0, 0.1) is 18.3 Å². The monoisotopic (exact) mass is 571 g/mol. The van der Waals surface area contributed by atoms with Gasteiger partial charge in [-0.25, -0.2) is 4.98 Å². The topological polar surface area (TPSA) is 120 Å². The number of nitrogens with zero attached hydrogens (tertiary/aromatic N) is 8. The molecule has 0 amide bonds. The Hall–Kier alpha value is -3.56. The van der Waals surface area contributed by atoms with Crippen molar-refractivity contribution in [2.24, 2.45) is 5.73 Å². The predicted molar refractivity (Wildman–Crippen MR) is 164 cm³/mol. The highest BCUT2D eigenvalue weighted by Crippen LogP contribution is 2.30. The number of pyridine rings is 1. The molecule has 2 aromatic heterocycles. The number of piperazine rings is 1. The molecule has 0 aliphatic carbocycles. The summed E-state index contributed by atoms with van der Waals surface area (Å²) >= 11 is 0. The molecule has 4 atom stereocenters. The maximum atomic E-state index is 9.56. The molecule has 1 aromatic carbocycles. The quantitative estimate of drug-likeness (QED) is 0.469. The first kappa shape index (κ1) is 28.6. The van der Waals surface area contributed by atoms with E-state index in [1.165, 1.54) is 0 Å². The first-order valence-electron chi connectivity index (χ1n) is 15.0. The standard InChI is InChI=1S/C31H41N9O2/c1-21-15-29(36-31(35-21)39-10-8-26(33)28(20-39)41-3)38-13-11-37(12-14-38)18-24-19-40(17-22(2)42-24)27-7-6-23(16-32)30-25(27)5-4-9-34-30/h4-7,9,15,22,24,26,28H,8,10-14,17-20,33H2,1-3H3/t22-,24+,26-,28+/m1/s1. The summed E-state index contributed by atoms with van der Waals surface area (Å²) in [7, 11) is 1.72. The second kappa shape index (κ2) is 12.4. The van der Waals surface area contributed by atoms with Crippen molar-refractivity contribution in [1.29, 1.82) is 5.26 Å². The van der Waals surface area contributed by atoms with Crippen molar-refractivity contribution in [3.63, 3.8) is 0 Å². The Labute approximate surface area is 247 Å². The Morgan fingerprint density at radius 2 is 1.88 bits per heavy atom. The molecule has 3 saturated heterocycles. The minimum atomic E-state index is -0.0113. The fourth-order valence-electron chi connectivity index (χ4n) is 6.52. The summed E-state index contributed by atoms with van der Waals surface area (Å²) < 4.78 is 12.0. The molecule has 0 saturated carbocycles. The highest BCUT2D eigenvalue weighted by Gasteiger charge is 2.31. The van der Waals surface area contributed by atoms with Crippen LogP contribution >= 0.6 is 0 Å². The number of methoxy groups -OCH3 is 1. The maximum Gasteiger partial charge on any atom is 0.227 e. The predicted octanol–water partition coefficient (Wildman–Crippen LogP) is 2.17. The van der Waals surface area contributed by atoms with Gasteiger partial charge in [0.15, 0.2) is 0 Å². The van der Waals surface area contributed by atoms with E-state index in [9.17, 15) is 5.26 Å². The first-order chi connectivity index (χ1) is 20.4. The summed E-state index contributed by atoms with van der Waals surface area (Å²) in [6.07, 6.45) is 2.80. The van der Waals surface area contributed by atoms with E-state index < -0.39 is 0 Å². The molecule has 3 aliphatic rings. The number of nitrogens with two attached hydrogens (primary N) is 1. The zero-order chi connectivity index (χ0) is 29.2. The Balaban J connectivity index is 1.09. The summed E-state index contributed by atoms with van der Waals surface area (Å²) in [5.41, 5.74) is 9.68. The third-order valence-electron chi connectivity index (χ3n) is 8.72. The molecule has 0 spiro atoms. The number of anilines is 3. The molecule has 6 rings (SSSR count). The average molecular weight is 572 g/mol. The number of nitriles is 1. The molecule has 0 bridgehead atoms. The molecule has 42 heavy (non-hydrogen) atoms. The second-order valence-electron chi connectivity index (χ2n) is 11.7. The van der Waals surface area contributed by atoms with Gasteiger partial charge in [0.05, 0.1) is 29.4 Å². The smallest absolute Gasteiger partial charge is 0.227 e. The van der Waals surface area contributed by atoms with E-state index >= 15 is 0 Å². The van der Waals surface area contributed by atoms with Crippen LogP contribution in [0.3, 0.4) is 0 Å². The van der Waals surface area contributed by atoms with Gasteiger partial charge in [-0.3, -0.25) is 9.88 Å². The third-order valence-corrected chi connectivity index (χ3v) is 8.72. The van der Waals surface area contributed by atoms with Crippen molar-refractivity contribution in [1.82, 2.24) is 19.9 Å². The Bertz CT molecular complexity index is 1440. The molecule has 222 valence electrons. The number of rotatable bonds is 6. The van der Waals surface area contributed by atoms with Gasteiger partial charge < -0.3 is 29.9 Å². The molecule has 3 aromatic rings. The van der Waals surface area contributed by atoms with Crippen molar-refractivity contribution < 1.29 is 9.47 Å². The number of ether oxygens (including phenoxy) is 2. The third kappa shape index (κ3) is 5.99. The summed E-state index contributed by atoms with van der Waals surface area (Å²) in [5, 5.41) is 10.6. The van der Waals surface area contributed by atoms with Gasteiger partial charge in [0.25, 0.3) is 0 Å². The van der Waals surface area contributed by atoms with Crippen molar-refractivity contribution in [3.8, 4) is 6.07 Å². The fraction of sp³-hybridized carbons (Fsp3) is 0.548. The maximum absolute atomic E-state index is 9.56. The minimum Gasteiger partial charge on any atom is -0.378 e. The summed E-state index contributed by atoms with van der Waals surface area (Å²) in [6.45, 7) is 11.9. The van der Waals surface area contributed by atoms with E-state index in [0.29, 0.717) is 12.1 Å². The summed E-state index contributed by atoms with van der Waals surface area (Å²) in [4.78, 5) is 23.7. The summed E-state index contributed by atoms with van der Waals surface area (Å²) in [6, 6.07) is 12.4. The van der Waals surface area contributed by atoms with Crippen LogP contribution in [0.15, 0.2) is 36.5 Å². The van der Waals surface area contributed by atoms with Crippen LogP contribution < -0.4 is 20.4 Å². The minimum absolute atomic E-state index is 0.0113. The van der Waals surface area contributed by atoms with E-state index in [0.717, 1.165) is 92.8 Å². The first-order valence-corrected chi connectivity index (χ1v) is 15.0. The van der Waals surface area contributed by atoms with Crippen LogP contribution in [0.5, 0.6) is 0 Å². The number of hydrogen-bond donors (Lipinski definition) is 1. The second-order valence-corrected chi connectivity index (χ2v) is 11.7. The van der Waals surface area contributed by atoms with Gasteiger partial charge >= 0.3 is 0 Å². The molecular weight excluding hydrogens is 530 g/mol. The van der Waals surface area contributed by atoms with Crippen LogP contribution in [0.25, 0.3) is 10.9 Å². The van der Waals surface area contributed by atoms with Crippen LogP contribution in [0.2, 0.25) is 0 Å². The lowest BCUT2D eigenvalue weighted by Crippen LogP contribution is -2.54. The lowest BCUT2D eigenvalue weighted by molar-refractivity contribution is -0.0327. The SMILES string of the molecule is CO[C@H]1CN(c2nc(C)cc(N3CCN(C[C@H]4CN(c5ccc(C#N)c6ncccc56)C[C@@H](C)O4)CC3)n2)CC[C@H]1N. The Morgan fingerprint density at radius 3 is 2.67 bits per heavy atom. The molecule has 0 radical (unpaired) electrons. The normalized spacial score (nSPS) is 25.5. The largest absolute Gasteiger partial charge is 0.378 e. The van der Waals surface area contributed by atoms with E-state index in [4.69, 9.17) is 25.2 Å². The van der Waals surface area contributed by atoms with Crippen LogP contribution in [0.1, 0.15) is 24.6 Å². The van der Waals surface area contributed by atoms with Gasteiger partial charge in [-0.2, -0.15) is 10.2 Å². The average Bonchev–Trinajstić information content (AvgIpc) is 3.00. The Morgan fingerprint density at radius 1 is 1.05 bits per heavy atom. The van der Waals surface area contributed by atoms with Crippen molar-refractivity contribution in [3.05, 3.63) is 47.8 Å². The molecule has 0 unspecified atom stereocenters. The van der Waals surface area contributed by atoms with Crippen molar-refractivity contribution >= 4 is 28.4 Å². The van der Waals surface area contributed by atoms with Crippen molar-refractivity contribution in [2.45, 2.75) is 44.6 Å². The Kier molecular flexibility index (Phi) is 8.40. The zero-order valence-corrected chi connectivity index (χ0v) is 24.8. The highest BCUT2D eigenvalue weighted by molar-refractivity contribution is 5.95. The van der Waals surface area contributed by atoms with Crippen LogP contribution in [0.4, 0.5) is 17.5 Å². The number of morpholine rings is 1. The van der Waals surface area contributed by atoms with E-state index in [1.807, 2.05) is 19.1 Å². The number of hydrogen-bond acceptors (Lipinski definition) is 11. The van der Waals surface area contributed by atoms with Crippen LogP contribution in [-0.4, -0.2) is 110 Å². The van der Waals surface area contributed by atoms with Gasteiger partial charge in [-0.1, -0.05) is 0 Å². The van der Waals surface area contributed by atoms with Gasteiger partial charge in [0.2, 0.25) is 5.95 Å². The number of benzene rings is 1. The number of aromatic nitrogens is 3. The van der Waals surface area contributed by atoms with Gasteiger partial charge in [0, 0.05) is 101 Å². The summed E-state index contributed by atoms with van der Waals surface area (Å²) in [5.74, 6) is 1.74. The molecule has 11 nitrogen and oxygen atoms in total. The number of piperidine rings is 1. The molecule has 3 fully saturated rings. The van der Waals surface area contributed by atoms with E-state index in [-0.39, 0.29) is 24.4 Å². The number of fused-ring (bicyclic) bond motifs is 1. The van der Waals surface area contributed by atoms with Crippen molar-refractivity contribution in [2.75, 3.05) is 80.7 Å². The molecule has 3 aliphatic heterocycles. The molecular formula is C31H41N9O2. The zero-order valence-electron chi connectivity index (χ0n) is 24.8. The molecule has 5 heterocycles. The van der Waals surface area contributed by atoms with Gasteiger partial charge in [0.1, 0.15) is 11.9 Å². The molecule has 11 heteroatoms. The van der Waals surface area contributed by atoms with E-state index in [2.05, 4.69) is 55.8 Å². The number of aryl methyl sites for hydroxylation is 1. The lowest BCUT2D eigenvalue weighted by atomic mass is 10.0. The highest BCUT2D eigenvalue weighted by atomic mass is 16.5. The lowest BCUT2D eigenvalue weighted by Gasteiger charge is -2.42. The van der Waals surface area contributed by atoms with Crippen LogP contribution in [-0.2, 0) is 9.47 Å².